The molecule has 5 fully saturated rings. The molecule has 1 saturated heterocycles. The van der Waals surface area contributed by atoms with E-state index < -0.39 is 5.79 Å². The first-order valence-electron chi connectivity index (χ1n) is 15.6. The summed E-state index contributed by atoms with van der Waals surface area (Å²) in [6.07, 6.45) is 13.2. The molecular formula is C34H56O3. The second-order valence-electron chi connectivity index (χ2n) is 17.3. The van der Waals surface area contributed by atoms with Crippen molar-refractivity contribution in [1.82, 2.24) is 0 Å². The monoisotopic (exact) mass is 512 g/mol. The first-order valence-corrected chi connectivity index (χ1v) is 15.6. The molecular weight excluding hydrogens is 456 g/mol. The third-order valence-electron chi connectivity index (χ3n) is 14.5. The van der Waals surface area contributed by atoms with Crippen molar-refractivity contribution in [3.8, 4) is 0 Å². The van der Waals surface area contributed by atoms with Crippen LogP contribution in [0.1, 0.15) is 121 Å². The Kier molecular flexibility index (Phi) is 5.56. The van der Waals surface area contributed by atoms with Crippen LogP contribution in [0.4, 0.5) is 0 Å². The van der Waals surface area contributed by atoms with Crippen molar-refractivity contribution in [2.45, 2.75) is 139 Å². The minimum atomic E-state index is -0.480. The molecule has 0 aromatic carbocycles. The van der Waals surface area contributed by atoms with Gasteiger partial charge in [-0.3, -0.25) is 0 Å². The van der Waals surface area contributed by atoms with Gasteiger partial charge in [0.25, 0.3) is 0 Å². The topological polar surface area (TPSA) is 38.7 Å². The number of allylic oxidation sites excluding steroid dienone is 2. The summed E-state index contributed by atoms with van der Waals surface area (Å²) in [5.74, 6) is 1.72. The highest BCUT2D eigenvalue weighted by atomic mass is 16.8. The third kappa shape index (κ3) is 3.29. The lowest BCUT2D eigenvalue weighted by atomic mass is 9.33. The van der Waals surface area contributed by atoms with Gasteiger partial charge in [-0.25, -0.2) is 0 Å². The minimum absolute atomic E-state index is 0.109. The van der Waals surface area contributed by atoms with Crippen molar-refractivity contribution in [2.24, 2.45) is 56.2 Å². The lowest BCUT2D eigenvalue weighted by Crippen LogP contribution is -2.66. The highest BCUT2D eigenvalue weighted by Crippen LogP contribution is 2.76. The molecule has 6 aliphatic rings. The summed E-state index contributed by atoms with van der Waals surface area (Å²) in [7, 11) is 0. The van der Waals surface area contributed by atoms with Crippen molar-refractivity contribution in [3.63, 3.8) is 0 Å². The molecule has 0 unspecified atom stereocenters. The van der Waals surface area contributed by atoms with E-state index in [-0.39, 0.29) is 39.3 Å². The first-order chi connectivity index (χ1) is 17.0. The summed E-state index contributed by atoms with van der Waals surface area (Å²) in [5, 5.41) is 10.8. The van der Waals surface area contributed by atoms with Crippen molar-refractivity contribution >= 4 is 0 Å². The molecule has 0 aromatic heterocycles. The van der Waals surface area contributed by atoms with Gasteiger partial charge in [0, 0.05) is 6.61 Å². The third-order valence-corrected chi connectivity index (χ3v) is 14.5. The second-order valence-corrected chi connectivity index (χ2v) is 17.3. The van der Waals surface area contributed by atoms with E-state index in [4.69, 9.17) is 9.47 Å². The summed E-state index contributed by atoms with van der Waals surface area (Å²) in [4.78, 5) is 0. The number of ether oxygens (including phenoxy) is 2. The molecule has 3 nitrogen and oxygen atoms in total. The lowest BCUT2D eigenvalue weighted by Gasteiger charge is -2.72. The van der Waals surface area contributed by atoms with Crippen LogP contribution in [0.15, 0.2) is 11.6 Å². The maximum atomic E-state index is 10.8. The summed E-state index contributed by atoms with van der Waals surface area (Å²) in [5.41, 5.74) is 3.12. The number of fused-ring (bicyclic) bond motifs is 8. The Balaban J connectivity index is 1.43. The Hall–Kier alpha value is -0.380. The van der Waals surface area contributed by atoms with Crippen LogP contribution < -0.4 is 0 Å². The van der Waals surface area contributed by atoms with Crippen LogP contribution in [0.2, 0.25) is 0 Å². The number of rotatable bonds is 1. The highest BCUT2D eigenvalue weighted by Gasteiger charge is 2.71. The van der Waals surface area contributed by atoms with Gasteiger partial charge >= 0.3 is 0 Å². The number of aliphatic hydroxyl groups is 1. The maximum absolute atomic E-state index is 10.8. The lowest BCUT2D eigenvalue weighted by molar-refractivity contribution is -0.213. The Morgan fingerprint density at radius 3 is 2.19 bits per heavy atom. The predicted octanol–water partition coefficient (Wildman–Crippen LogP) is 8.16. The second kappa shape index (κ2) is 7.67. The number of hydrogen-bond acceptors (Lipinski definition) is 3. The Morgan fingerprint density at radius 1 is 0.838 bits per heavy atom. The van der Waals surface area contributed by atoms with Crippen LogP contribution in [0.5, 0.6) is 0 Å². The van der Waals surface area contributed by atoms with E-state index in [2.05, 4.69) is 75.3 Å². The zero-order valence-electron chi connectivity index (χ0n) is 25.7. The van der Waals surface area contributed by atoms with Crippen molar-refractivity contribution in [1.29, 1.82) is 0 Å². The SMILES string of the molecule is CC1(C)O[C@@H]2C[C@@]3(C)[C@@H](CC[C@]4(C)[C@H]3CC=C3[C@@H]5[C@@H](CO)C(C)(C)CC[C@]5(C)CC[C@]34C)C(C)(C)[C@H]2O1. The van der Waals surface area contributed by atoms with Gasteiger partial charge in [-0.1, -0.05) is 67.0 Å². The van der Waals surface area contributed by atoms with Crippen molar-refractivity contribution in [3.05, 3.63) is 11.6 Å². The summed E-state index contributed by atoms with van der Waals surface area (Å²) in [6.45, 7) is 24.9. The highest BCUT2D eigenvalue weighted by molar-refractivity contribution is 5.34. The predicted molar refractivity (Wildman–Crippen MR) is 150 cm³/mol. The maximum Gasteiger partial charge on any atom is 0.163 e. The fourth-order valence-electron chi connectivity index (χ4n) is 12.2. The molecule has 10 atom stereocenters. The van der Waals surface area contributed by atoms with Gasteiger partial charge in [-0.15, -0.1) is 0 Å². The molecule has 37 heavy (non-hydrogen) atoms. The molecule has 0 radical (unpaired) electrons. The average Bonchev–Trinajstić information content (AvgIpc) is 3.09. The van der Waals surface area contributed by atoms with E-state index in [0.29, 0.717) is 35.7 Å². The summed E-state index contributed by atoms with van der Waals surface area (Å²) >= 11 is 0. The molecule has 0 amide bonds. The van der Waals surface area contributed by atoms with Crippen LogP contribution in [0.25, 0.3) is 0 Å². The van der Waals surface area contributed by atoms with Crippen molar-refractivity contribution < 1.29 is 14.6 Å². The minimum Gasteiger partial charge on any atom is -0.396 e. The first kappa shape index (κ1) is 26.8. The summed E-state index contributed by atoms with van der Waals surface area (Å²) < 4.78 is 13.2. The average molecular weight is 513 g/mol. The van der Waals surface area contributed by atoms with Gasteiger partial charge in [-0.05, 0) is 121 Å². The van der Waals surface area contributed by atoms with E-state index >= 15 is 0 Å². The van der Waals surface area contributed by atoms with Gasteiger partial charge in [0.1, 0.15) is 0 Å². The van der Waals surface area contributed by atoms with Gasteiger partial charge in [0.15, 0.2) is 5.79 Å². The standard InChI is InChI=1S/C34H56O3/c1-28(2)15-16-31(7)17-18-33(9)21(26(31)22(28)20-35)11-12-25-32(8)19-23-27(37-30(5,6)36-23)29(3,4)24(32)13-14-34(25,33)10/h11,22-27,35H,12-20H2,1-10H3/t22-,23-,24+,25+,26-,27+,31-,32+,33-,34-/m1/s1. The van der Waals surface area contributed by atoms with Gasteiger partial charge in [-0.2, -0.15) is 0 Å². The Morgan fingerprint density at radius 2 is 1.51 bits per heavy atom. The number of aliphatic hydroxyl groups excluding tert-OH is 1. The van der Waals surface area contributed by atoms with E-state index in [1.807, 2.05) is 0 Å². The molecule has 5 aliphatic carbocycles. The molecule has 0 bridgehead atoms. The zero-order valence-corrected chi connectivity index (χ0v) is 25.7. The van der Waals surface area contributed by atoms with E-state index in [1.54, 1.807) is 5.57 Å². The van der Waals surface area contributed by atoms with Gasteiger partial charge in [0.2, 0.25) is 0 Å². The van der Waals surface area contributed by atoms with Crippen LogP contribution in [0.3, 0.4) is 0 Å². The zero-order chi connectivity index (χ0) is 27.0. The van der Waals surface area contributed by atoms with Crippen LogP contribution in [-0.4, -0.2) is 29.7 Å². The molecule has 4 saturated carbocycles. The van der Waals surface area contributed by atoms with E-state index in [9.17, 15) is 5.11 Å². The summed E-state index contributed by atoms with van der Waals surface area (Å²) in [6, 6.07) is 0. The van der Waals surface area contributed by atoms with Gasteiger partial charge < -0.3 is 14.6 Å². The molecule has 1 N–H and O–H groups in total. The van der Waals surface area contributed by atoms with E-state index in [1.165, 1.54) is 44.9 Å². The molecule has 210 valence electrons. The van der Waals surface area contributed by atoms with E-state index in [0.717, 1.165) is 6.42 Å². The molecule has 6 rings (SSSR count). The Bertz CT molecular complexity index is 993. The quantitative estimate of drug-likeness (QED) is 0.360. The van der Waals surface area contributed by atoms with Gasteiger partial charge in [0.05, 0.1) is 12.2 Å². The molecule has 1 heterocycles. The fraction of sp³-hybridized carbons (Fsp3) is 0.941. The smallest absolute Gasteiger partial charge is 0.163 e. The van der Waals surface area contributed by atoms with Crippen molar-refractivity contribution in [2.75, 3.05) is 6.61 Å². The molecule has 0 aromatic rings. The van der Waals surface area contributed by atoms with Crippen LogP contribution in [-0.2, 0) is 9.47 Å². The molecule has 1 aliphatic heterocycles. The largest absolute Gasteiger partial charge is 0.396 e. The normalized spacial score (nSPS) is 55.2. The fourth-order valence-corrected chi connectivity index (χ4v) is 12.2. The van der Waals surface area contributed by atoms with Crippen LogP contribution in [0, 0.1) is 56.2 Å². The molecule has 3 heteroatoms. The number of hydrogen-bond donors (Lipinski definition) is 1. The molecule has 0 spiro atoms. The Labute approximate surface area is 227 Å². The van der Waals surface area contributed by atoms with Crippen LogP contribution >= 0.6 is 0 Å².